The number of hydrogen-bond acceptors (Lipinski definition) is 0. The topological polar surface area (TPSA) is 0 Å². The fraction of sp³-hybridized carbons (Fsp3) is 0.571. The van der Waals surface area contributed by atoms with Crippen LogP contribution in [0.3, 0.4) is 0 Å². The van der Waals surface area contributed by atoms with Gasteiger partial charge < -0.3 is 0 Å². The molecule has 0 amide bonds. The van der Waals surface area contributed by atoms with Crippen molar-refractivity contribution >= 4 is 7.85 Å². The van der Waals surface area contributed by atoms with Crippen LogP contribution in [0, 0.1) is 0 Å². The minimum Gasteiger partial charge on any atom is -0.137 e. The molecule has 0 bridgehead atoms. The molecule has 0 nitrogen and oxygen atoms in total. The largest absolute Gasteiger partial charge is 0.144 e. The van der Waals surface area contributed by atoms with Crippen molar-refractivity contribution in [1.82, 2.24) is 0 Å². The molecule has 0 aromatic rings. The van der Waals surface area contributed by atoms with Crippen molar-refractivity contribution in [2.75, 3.05) is 0 Å². The van der Waals surface area contributed by atoms with Crippen LogP contribution in [0.2, 0.25) is 0 Å². The third kappa shape index (κ3) is 1.59. The van der Waals surface area contributed by atoms with Gasteiger partial charge in [-0.15, -0.1) is 5.73 Å². The van der Waals surface area contributed by atoms with Crippen LogP contribution in [0.5, 0.6) is 0 Å². The highest BCUT2D eigenvalue weighted by Crippen LogP contribution is 2.08. The lowest BCUT2D eigenvalue weighted by Gasteiger charge is -1.90. The Labute approximate surface area is 51.7 Å². The summed E-state index contributed by atoms with van der Waals surface area (Å²) in [6.07, 6.45) is 7.36. The molecule has 0 aromatic carbocycles. The van der Waals surface area contributed by atoms with Crippen LogP contribution in [0.25, 0.3) is 0 Å². The second-order valence-electron chi connectivity index (χ2n) is 2.37. The van der Waals surface area contributed by atoms with E-state index in [4.69, 9.17) is 0 Å². The van der Waals surface area contributed by atoms with E-state index in [1.807, 2.05) is 0 Å². The predicted octanol–water partition coefficient (Wildman–Crippen LogP) is 1.23. The summed E-state index contributed by atoms with van der Waals surface area (Å²) in [7, 11) is 2.15. The molecule has 1 heteroatoms. The zero-order valence-electron chi connectivity index (χ0n) is 5.41. The highest BCUT2D eigenvalue weighted by atomic mass is 13.9. The van der Waals surface area contributed by atoms with Crippen LogP contribution in [-0.2, 0) is 0 Å². The smallest absolute Gasteiger partial charge is 0.137 e. The number of rotatable bonds is 0. The zero-order valence-corrected chi connectivity index (χ0v) is 5.41. The van der Waals surface area contributed by atoms with E-state index in [2.05, 4.69) is 19.7 Å². The van der Waals surface area contributed by atoms with Gasteiger partial charge in [0.2, 0.25) is 0 Å². The molecule has 1 aliphatic rings. The Morgan fingerprint density at radius 3 is 3.25 bits per heavy atom. The molecule has 0 aliphatic heterocycles. The fourth-order valence-electron chi connectivity index (χ4n) is 0.955. The first-order valence-corrected chi connectivity index (χ1v) is 3.30. The van der Waals surface area contributed by atoms with Gasteiger partial charge in [-0.25, -0.2) is 0 Å². The fourth-order valence-corrected chi connectivity index (χ4v) is 0.955. The van der Waals surface area contributed by atoms with Gasteiger partial charge in [0, 0.05) is 0 Å². The van der Waals surface area contributed by atoms with Crippen molar-refractivity contribution in [1.29, 1.82) is 0 Å². The molecular formula is C7H11B. The molecule has 0 aromatic heterocycles. The van der Waals surface area contributed by atoms with Crippen LogP contribution < -0.4 is 0 Å². The van der Waals surface area contributed by atoms with E-state index in [9.17, 15) is 0 Å². The Morgan fingerprint density at radius 2 is 2.38 bits per heavy atom. The van der Waals surface area contributed by atoms with Gasteiger partial charge in [-0.2, -0.15) is 0 Å². The Morgan fingerprint density at radius 1 is 1.50 bits per heavy atom. The van der Waals surface area contributed by atoms with Gasteiger partial charge in [-0.3, -0.25) is 0 Å². The van der Waals surface area contributed by atoms with Crippen LogP contribution in [0.15, 0.2) is 17.3 Å². The van der Waals surface area contributed by atoms with Gasteiger partial charge >= 0.3 is 0 Å². The van der Waals surface area contributed by atoms with E-state index in [-0.39, 0.29) is 0 Å². The van der Waals surface area contributed by atoms with E-state index >= 15 is 0 Å². The lowest BCUT2D eigenvalue weighted by molar-refractivity contribution is 0.767. The molecule has 0 unspecified atom stereocenters. The average molecular weight is 106 g/mol. The molecule has 0 radical (unpaired) electrons. The molecule has 1 rings (SSSR count). The Kier molecular flexibility index (Phi) is 1.99. The van der Waals surface area contributed by atoms with Crippen LogP contribution >= 0.6 is 0 Å². The predicted molar refractivity (Wildman–Crippen MR) is 38.6 cm³/mol. The third-order valence-electron chi connectivity index (χ3n) is 1.50. The van der Waals surface area contributed by atoms with Crippen molar-refractivity contribution < 1.29 is 0 Å². The Hall–Kier alpha value is -0.415. The van der Waals surface area contributed by atoms with Gasteiger partial charge in [-0.1, -0.05) is 5.47 Å². The van der Waals surface area contributed by atoms with E-state index in [1.54, 1.807) is 0 Å². The average Bonchev–Trinajstić information content (AvgIpc) is 1.94. The zero-order chi connectivity index (χ0) is 5.82. The highest BCUT2D eigenvalue weighted by molar-refractivity contribution is 6.21. The molecule has 8 heavy (non-hydrogen) atoms. The second kappa shape index (κ2) is 2.79. The maximum Gasteiger partial charge on any atom is 0.144 e. The maximum atomic E-state index is 3.24. The molecule has 1 aliphatic carbocycles. The van der Waals surface area contributed by atoms with E-state index in [0.29, 0.717) is 0 Å². The molecule has 0 spiro atoms. The summed E-state index contributed by atoms with van der Waals surface area (Å²) in [4.78, 5) is 0. The van der Waals surface area contributed by atoms with E-state index in [1.165, 1.54) is 31.2 Å². The van der Waals surface area contributed by atoms with E-state index in [0.717, 1.165) is 0 Å². The molecule has 0 heterocycles. The Bertz CT molecular complexity index is 129. The van der Waals surface area contributed by atoms with E-state index < -0.39 is 0 Å². The lowest BCUT2D eigenvalue weighted by Crippen LogP contribution is -1.76. The van der Waals surface area contributed by atoms with Crippen molar-refractivity contribution in [3.8, 4) is 0 Å². The van der Waals surface area contributed by atoms with Crippen molar-refractivity contribution in [3.63, 3.8) is 0 Å². The number of allylic oxidation sites excluding steroid dienone is 1. The minimum absolute atomic E-state index is 1.23. The molecular weight excluding hydrogens is 94.9 g/mol. The van der Waals surface area contributed by atoms with Gasteiger partial charge in [0.15, 0.2) is 0 Å². The van der Waals surface area contributed by atoms with Gasteiger partial charge in [0.1, 0.15) is 7.85 Å². The maximum absolute atomic E-state index is 3.24. The monoisotopic (exact) mass is 106 g/mol. The van der Waals surface area contributed by atoms with Crippen molar-refractivity contribution in [2.45, 2.75) is 25.7 Å². The third-order valence-corrected chi connectivity index (χ3v) is 1.50. The first-order chi connectivity index (χ1) is 3.89. The molecule has 42 valence electrons. The van der Waals surface area contributed by atoms with Gasteiger partial charge in [0.25, 0.3) is 0 Å². The summed E-state index contributed by atoms with van der Waals surface area (Å²) in [6, 6.07) is 0. The SMILES string of the molecule is BC1=C=CCCCC1. The van der Waals surface area contributed by atoms with Gasteiger partial charge in [0.05, 0.1) is 0 Å². The molecule has 0 N–H and O–H groups in total. The minimum atomic E-state index is 1.23. The Balaban J connectivity index is 2.56. The lowest BCUT2D eigenvalue weighted by atomic mass is 9.93. The standard InChI is InChI=1S/C7H11B/c8-7-5-3-1-2-4-6-7/h3H,1-2,4,6,8H2. The highest BCUT2D eigenvalue weighted by Gasteiger charge is 1.91. The normalized spacial score (nSPS) is 19.8. The summed E-state index contributed by atoms with van der Waals surface area (Å²) in [5, 5.41) is 0. The molecule has 0 fully saturated rings. The first-order valence-electron chi connectivity index (χ1n) is 3.30. The molecule has 0 atom stereocenters. The summed E-state index contributed by atoms with van der Waals surface area (Å²) in [6.45, 7) is 0. The molecule has 0 saturated carbocycles. The van der Waals surface area contributed by atoms with Crippen molar-refractivity contribution in [2.24, 2.45) is 0 Å². The van der Waals surface area contributed by atoms with Crippen LogP contribution in [-0.4, -0.2) is 7.85 Å². The molecule has 0 saturated heterocycles. The summed E-state index contributed by atoms with van der Waals surface area (Å²) >= 11 is 0. The van der Waals surface area contributed by atoms with Gasteiger partial charge in [-0.05, 0) is 31.8 Å². The van der Waals surface area contributed by atoms with Crippen molar-refractivity contribution in [3.05, 3.63) is 17.3 Å². The summed E-state index contributed by atoms with van der Waals surface area (Å²) in [5.41, 5.74) is 4.66. The summed E-state index contributed by atoms with van der Waals surface area (Å²) in [5.74, 6) is 0. The van der Waals surface area contributed by atoms with Crippen LogP contribution in [0.1, 0.15) is 25.7 Å². The quantitative estimate of drug-likeness (QED) is 0.322. The number of hydrogen-bond donors (Lipinski definition) is 0. The van der Waals surface area contributed by atoms with Crippen LogP contribution in [0.4, 0.5) is 0 Å². The summed E-state index contributed by atoms with van der Waals surface area (Å²) < 4.78 is 0. The second-order valence-corrected chi connectivity index (χ2v) is 2.37. The first kappa shape index (κ1) is 5.72.